The van der Waals surface area contributed by atoms with E-state index in [9.17, 15) is 0 Å². The van der Waals surface area contributed by atoms with Gasteiger partial charge in [-0.15, -0.1) is 0 Å². The Hall–Kier alpha value is -1.35. The molecule has 2 saturated carbocycles. The largest absolute Gasteiger partial charge is 0.369 e. The smallest absolute Gasteiger partial charge is 0.224 e. The zero-order valence-corrected chi connectivity index (χ0v) is 11.5. The normalized spacial score (nSPS) is 20.5. The van der Waals surface area contributed by atoms with Gasteiger partial charge in [-0.2, -0.15) is 0 Å². The highest BCUT2D eigenvalue weighted by Gasteiger charge is 2.53. The summed E-state index contributed by atoms with van der Waals surface area (Å²) in [5.41, 5.74) is 1.46. The van der Waals surface area contributed by atoms with E-state index in [4.69, 9.17) is 11.6 Å². The van der Waals surface area contributed by atoms with Crippen molar-refractivity contribution in [2.24, 2.45) is 11.3 Å². The Morgan fingerprint density at radius 1 is 1.21 bits per heavy atom. The molecule has 0 amide bonds. The molecule has 0 saturated heterocycles. The van der Waals surface area contributed by atoms with Gasteiger partial charge in [-0.1, -0.05) is 12.1 Å². The fraction of sp³-hybridized carbons (Fsp3) is 0.467. The van der Waals surface area contributed by atoms with E-state index in [0.717, 1.165) is 29.2 Å². The summed E-state index contributed by atoms with van der Waals surface area (Å²) in [5, 5.41) is 4.89. The Balaban J connectivity index is 1.63. The molecule has 0 aliphatic heterocycles. The van der Waals surface area contributed by atoms with Crippen molar-refractivity contribution in [2.45, 2.75) is 25.7 Å². The first-order valence-corrected chi connectivity index (χ1v) is 7.31. The zero-order valence-electron chi connectivity index (χ0n) is 10.7. The Kier molecular flexibility index (Phi) is 2.46. The molecule has 1 N–H and O–H groups in total. The predicted molar refractivity (Wildman–Crippen MR) is 77.4 cm³/mol. The molecule has 0 radical (unpaired) electrons. The number of halogens is 1. The molecule has 3 nitrogen and oxygen atoms in total. The molecule has 2 aliphatic rings. The van der Waals surface area contributed by atoms with Crippen molar-refractivity contribution >= 4 is 28.3 Å². The van der Waals surface area contributed by atoms with Crippen LogP contribution in [0.4, 0.5) is 5.82 Å². The number of benzene rings is 1. The van der Waals surface area contributed by atoms with Crippen LogP contribution < -0.4 is 5.32 Å². The molecule has 4 rings (SSSR count). The third kappa shape index (κ3) is 2.06. The highest BCUT2D eigenvalue weighted by molar-refractivity contribution is 6.28. The predicted octanol–water partition coefficient (Wildman–Crippen LogP) is 3.89. The van der Waals surface area contributed by atoms with Crippen LogP contribution in [0.25, 0.3) is 10.9 Å². The van der Waals surface area contributed by atoms with Crippen LogP contribution in [-0.2, 0) is 0 Å². The van der Waals surface area contributed by atoms with Crippen LogP contribution >= 0.6 is 11.6 Å². The maximum Gasteiger partial charge on any atom is 0.224 e. The van der Waals surface area contributed by atoms with Gasteiger partial charge >= 0.3 is 0 Å². The van der Waals surface area contributed by atoms with Gasteiger partial charge in [-0.25, -0.2) is 9.97 Å². The van der Waals surface area contributed by atoms with Gasteiger partial charge in [0.2, 0.25) is 5.28 Å². The minimum atomic E-state index is 0.317. The second kappa shape index (κ2) is 4.07. The number of nitrogens with zero attached hydrogens (tertiary/aromatic N) is 2. The van der Waals surface area contributed by atoms with E-state index in [1.54, 1.807) is 0 Å². The standard InChI is InChI=1S/C15H16ClN3/c16-14-18-12-4-2-1-3-11(12)13(19-14)17-9-15(7-8-15)10-5-6-10/h1-4,10H,5-9H2,(H,17,18,19). The van der Waals surface area contributed by atoms with Gasteiger partial charge in [0.05, 0.1) is 5.52 Å². The van der Waals surface area contributed by atoms with E-state index in [2.05, 4.69) is 15.3 Å². The number of aromatic nitrogens is 2. The van der Waals surface area contributed by atoms with Gasteiger partial charge < -0.3 is 5.32 Å². The maximum atomic E-state index is 6.00. The molecule has 1 aromatic carbocycles. The molecule has 2 aliphatic carbocycles. The van der Waals surface area contributed by atoms with Crippen molar-refractivity contribution in [2.75, 3.05) is 11.9 Å². The van der Waals surface area contributed by atoms with Crippen LogP contribution in [-0.4, -0.2) is 16.5 Å². The molecular weight excluding hydrogens is 258 g/mol. The molecule has 2 aromatic rings. The molecule has 2 fully saturated rings. The third-order valence-corrected chi connectivity index (χ3v) is 4.69. The maximum absolute atomic E-state index is 6.00. The zero-order chi connectivity index (χ0) is 12.9. The SMILES string of the molecule is Clc1nc(NCC2(C3CC3)CC2)c2ccccc2n1. The summed E-state index contributed by atoms with van der Waals surface area (Å²) in [7, 11) is 0. The second-order valence-electron chi connectivity index (χ2n) is 5.85. The lowest BCUT2D eigenvalue weighted by Crippen LogP contribution is -2.18. The summed E-state index contributed by atoms with van der Waals surface area (Å²) in [6.45, 7) is 1.02. The van der Waals surface area contributed by atoms with Gasteiger partial charge in [0.15, 0.2) is 0 Å². The average Bonchev–Trinajstić information content (AvgIpc) is 3.27. The first-order valence-electron chi connectivity index (χ1n) is 6.93. The monoisotopic (exact) mass is 273 g/mol. The van der Waals surface area contributed by atoms with E-state index in [1.165, 1.54) is 25.7 Å². The van der Waals surface area contributed by atoms with E-state index < -0.39 is 0 Å². The topological polar surface area (TPSA) is 37.8 Å². The van der Waals surface area contributed by atoms with Crippen LogP contribution in [0.1, 0.15) is 25.7 Å². The van der Waals surface area contributed by atoms with Gasteiger partial charge in [-0.05, 0) is 60.7 Å². The van der Waals surface area contributed by atoms with Crippen molar-refractivity contribution < 1.29 is 0 Å². The lowest BCUT2D eigenvalue weighted by atomic mass is 10.0. The number of hydrogen-bond acceptors (Lipinski definition) is 3. The summed E-state index contributed by atoms with van der Waals surface area (Å²) in [5.74, 6) is 1.83. The van der Waals surface area contributed by atoms with Crippen LogP contribution in [0.5, 0.6) is 0 Å². The van der Waals surface area contributed by atoms with Crippen molar-refractivity contribution in [1.29, 1.82) is 0 Å². The molecule has 0 unspecified atom stereocenters. The van der Waals surface area contributed by atoms with Crippen molar-refractivity contribution in [3.05, 3.63) is 29.5 Å². The van der Waals surface area contributed by atoms with E-state index in [-0.39, 0.29) is 0 Å². The number of rotatable bonds is 4. The van der Waals surface area contributed by atoms with Crippen molar-refractivity contribution in [3.8, 4) is 0 Å². The van der Waals surface area contributed by atoms with E-state index in [0.29, 0.717) is 10.7 Å². The molecule has 0 bridgehead atoms. The number of nitrogens with one attached hydrogen (secondary N) is 1. The van der Waals surface area contributed by atoms with Gasteiger partial charge in [0.25, 0.3) is 0 Å². The summed E-state index contributed by atoms with van der Waals surface area (Å²) in [6.07, 6.45) is 5.54. The van der Waals surface area contributed by atoms with Crippen LogP contribution in [0, 0.1) is 11.3 Å². The summed E-state index contributed by atoms with van der Waals surface area (Å²) >= 11 is 6.00. The van der Waals surface area contributed by atoms with Gasteiger partial charge in [-0.3, -0.25) is 0 Å². The van der Waals surface area contributed by atoms with E-state index >= 15 is 0 Å². The number of anilines is 1. The molecule has 19 heavy (non-hydrogen) atoms. The molecule has 1 heterocycles. The fourth-order valence-corrected chi connectivity index (χ4v) is 3.20. The van der Waals surface area contributed by atoms with Crippen molar-refractivity contribution in [1.82, 2.24) is 9.97 Å². The first kappa shape index (κ1) is 11.5. The van der Waals surface area contributed by atoms with Crippen LogP contribution in [0.3, 0.4) is 0 Å². The summed E-state index contributed by atoms with van der Waals surface area (Å²) in [4.78, 5) is 8.61. The minimum Gasteiger partial charge on any atom is -0.369 e. The molecule has 1 aromatic heterocycles. The van der Waals surface area contributed by atoms with E-state index in [1.807, 2.05) is 24.3 Å². The molecule has 0 atom stereocenters. The van der Waals surface area contributed by atoms with Crippen LogP contribution in [0.15, 0.2) is 24.3 Å². The lowest BCUT2D eigenvalue weighted by Gasteiger charge is -2.16. The quantitative estimate of drug-likeness (QED) is 0.859. The Morgan fingerprint density at radius 2 is 2.00 bits per heavy atom. The molecule has 0 spiro atoms. The Morgan fingerprint density at radius 3 is 2.74 bits per heavy atom. The Labute approximate surface area is 117 Å². The molecule has 4 heteroatoms. The first-order chi connectivity index (χ1) is 9.27. The Bertz CT molecular complexity index is 632. The molecular formula is C15H16ClN3. The molecule has 98 valence electrons. The second-order valence-corrected chi connectivity index (χ2v) is 6.19. The summed E-state index contributed by atoms with van der Waals surface area (Å²) in [6, 6.07) is 8.01. The number of fused-ring (bicyclic) bond motifs is 1. The van der Waals surface area contributed by atoms with Crippen LogP contribution in [0.2, 0.25) is 5.28 Å². The average molecular weight is 274 g/mol. The van der Waals surface area contributed by atoms with Gasteiger partial charge in [0, 0.05) is 11.9 Å². The third-order valence-electron chi connectivity index (χ3n) is 4.52. The van der Waals surface area contributed by atoms with Gasteiger partial charge in [0.1, 0.15) is 5.82 Å². The number of para-hydroxylation sites is 1. The fourth-order valence-electron chi connectivity index (χ4n) is 3.03. The number of hydrogen-bond donors (Lipinski definition) is 1. The highest BCUT2D eigenvalue weighted by Crippen LogP contribution is 2.61. The summed E-state index contributed by atoms with van der Waals surface area (Å²) < 4.78 is 0. The highest BCUT2D eigenvalue weighted by atomic mass is 35.5. The van der Waals surface area contributed by atoms with Crippen molar-refractivity contribution in [3.63, 3.8) is 0 Å². The minimum absolute atomic E-state index is 0.317. The lowest BCUT2D eigenvalue weighted by molar-refractivity contribution is 0.466.